The van der Waals surface area contributed by atoms with E-state index in [9.17, 15) is 4.79 Å². The highest BCUT2D eigenvalue weighted by Gasteiger charge is 2.27. The maximum atomic E-state index is 12.6. The molecule has 3 heterocycles. The largest absolute Gasteiger partial charge is 0.378 e. The van der Waals surface area contributed by atoms with Gasteiger partial charge in [-0.1, -0.05) is 30.3 Å². The van der Waals surface area contributed by atoms with E-state index in [-0.39, 0.29) is 6.10 Å². The molecule has 0 spiro atoms. The minimum atomic E-state index is 0.168. The summed E-state index contributed by atoms with van der Waals surface area (Å²) in [6.45, 7) is 9.64. The number of rotatable bonds is 6. The number of likely N-dealkylation sites (tertiary alicyclic amines) is 1. The zero-order valence-electron chi connectivity index (χ0n) is 17.8. The number of piperazine rings is 1. The van der Waals surface area contributed by atoms with Crippen LogP contribution in [-0.2, 0) is 16.1 Å². The van der Waals surface area contributed by atoms with Crippen molar-refractivity contribution in [1.82, 2.24) is 14.7 Å². The predicted octanol–water partition coefficient (Wildman–Crippen LogP) is 3.00. The molecule has 1 aromatic carbocycles. The standard InChI is InChI=1S/C24H37N3O2/c28-24(18-23-8-4-5-17-29-23)27-11-9-22(10-12-27)20-26-15-13-25(14-16-26)19-21-6-2-1-3-7-21/h1-3,6-7,22-23H,4-5,8-20H2. The van der Waals surface area contributed by atoms with Crippen LogP contribution in [0.5, 0.6) is 0 Å². The highest BCUT2D eigenvalue weighted by molar-refractivity contribution is 5.76. The van der Waals surface area contributed by atoms with E-state index < -0.39 is 0 Å². The summed E-state index contributed by atoms with van der Waals surface area (Å²) in [6, 6.07) is 10.8. The van der Waals surface area contributed by atoms with Crippen molar-refractivity contribution in [3.05, 3.63) is 35.9 Å². The Hall–Kier alpha value is -1.43. The second-order valence-electron chi connectivity index (χ2n) is 9.08. The number of amides is 1. The molecule has 5 heteroatoms. The number of carbonyl (C=O) groups excluding carboxylic acids is 1. The lowest BCUT2D eigenvalue weighted by Gasteiger charge is -2.39. The molecule has 1 aromatic rings. The van der Waals surface area contributed by atoms with Gasteiger partial charge in [-0.3, -0.25) is 9.69 Å². The Morgan fingerprint density at radius 3 is 2.31 bits per heavy atom. The molecule has 0 radical (unpaired) electrons. The summed E-state index contributed by atoms with van der Waals surface area (Å²) in [5, 5.41) is 0. The Morgan fingerprint density at radius 1 is 0.897 bits per heavy atom. The Kier molecular flexibility index (Phi) is 7.58. The zero-order valence-corrected chi connectivity index (χ0v) is 17.8. The lowest BCUT2D eigenvalue weighted by molar-refractivity contribution is -0.136. The maximum Gasteiger partial charge on any atom is 0.225 e. The molecule has 1 amide bonds. The molecule has 1 atom stereocenters. The lowest BCUT2D eigenvalue weighted by Crippen LogP contribution is -2.49. The van der Waals surface area contributed by atoms with Gasteiger partial charge in [0.05, 0.1) is 12.5 Å². The number of ether oxygens (including phenoxy) is 1. The average Bonchev–Trinajstić information content (AvgIpc) is 2.77. The molecule has 0 bridgehead atoms. The Labute approximate surface area is 176 Å². The number of piperidine rings is 1. The van der Waals surface area contributed by atoms with Crippen LogP contribution in [0.4, 0.5) is 0 Å². The van der Waals surface area contributed by atoms with Gasteiger partial charge in [-0.25, -0.2) is 0 Å². The SMILES string of the molecule is O=C(CC1CCCCO1)N1CCC(CN2CCN(Cc3ccccc3)CC2)CC1. The minimum absolute atomic E-state index is 0.168. The monoisotopic (exact) mass is 399 g/mol. The van der Waals surface area contributed by atoms with Crippen molar-refractivity contribution >= 4 is 5.91 Å². The average molecular weight is 400 g/mol. The molecule has 0 saturated carbocycles. The summed E-state index contributed by atoms with van der Waals surface area (Å²) in [6.07, 6.45) is 6.48. The smallest absolute Gasteiger partial charge is 0.225 e. The highest BCUT2D eigenvalue weighted by Crippen LogP contribution is 2.22. The van der Waals surface area contributed by atoms with E-state index in [4.69, 9.17) is 4.74 Å². The molecule has 3 saturated heterocycles. The molecule has 3 aliphatic rings. The van der Waals surface area contributed by atoms with E-state index in [1.807, 2.05) is 0 Å². The zero-order chi connectivity index (χ0) is 19.9. The first-order chi connectivity index (χ1) is 14.3. The van der Waals surface area contributed by atoms with Crippen LogP contribution in [0.2, 0.25) is 0 Å². The van der Waals surface area contributed by atoms with E-state index in [2.05, 4.69) is 45.0 Å². The van der Waals surface area contributed by atoms with Crippen LogP contribution in [0.1, 0.15) is 44.1 Å². The van der Waals surface area contributed by atoms with Crippen LogP contribution in [0, 0.1) is 5.92 Å². The third kappa shape index (κ3) is 6.27. The van der Waals surface area contributed by atoms with Gasteiger partial charge in [-0.15, -0.1) is 0 Å². The second-order valence-corrected chi connectivity index (χ2v) is 9.08. The van der Waals surface area contributed by atoms with Crippen LogP contribution in [-0.4, -0.2) is 79.1 Å². The molecular formula is C24H37N3O2. The van der Waals surface area contributed by atoms with Gasteiger partial charge in [0.2, 0.25) is 5.91 Å². The van der Waals surface area contributed by atoms with E-state index in [0.29, 0.717) is 12.3 Å². The van der Waals surface area contributed by atoms with Crippen molar-refractivity contribution in [3.63, 3.8) is 0 Å². The molecule has 5 nitrogen and oxygen atoms in total. The number of hydrogen-bond acceptors (Lipinski definition) is 4. The minimum Gasteiger partial charge on any atom is -0.378 e. The fourth-order valence-corrected chi connectivity index (χ4v) is 4.99. The lowest BCUT2D eigenvalue weighted by atomic mass is 9.95. The first kappa shape index (κ1) is 20.8. The molecule has 4 rings (SSSR count). The Balaban J connectivity index is 1.13. The van der Waals surface area contributed by atoms with Gasteiger partial charge >= 0.3 is 0 Å². The predicted molar refractivity (Wildman–Crippen MR) is 116 cm³/mol. The first-order valence-corrected chi connectivity index (χ1v) is 11.6. The van der Waals surface area contributed by atoms with E-state index in [0.717, 1.165) is 70.9 Å². The molecule has 0 aliphatic carbocycles. The Morgan fingerprint density at radius 2 is 1.62 bits per heavy atom. The van der Waals surface area contributed by atoms with Crippen LogP contribution in [0.25, 0.3) is 0 Å². The van der Waals surface area contributed by atoms with E-state index in [1.54, 1.807) is 0 Å². The normalized spacial score (nSPS) is 25.2. The topological polar surface area (TPSA) is 36.0 Å². The molecule has 3 fully saturated rings. The van der Waals surface area contributed by atoms with Crippen LogP contribution >= 0.6 is 0 Å². The summed E-state index contributed by atoms with van der Waals surface area (Å²) in [7, 11) is 0. The molecule has 0 aromatic heterocycles. The number of hydrogen-bond donors (Lipinski definition) is 0. The molecule has 0 N–H and O–H groups in total. The third-order valence-corrected chi connectivity index (χ3v) is 6.87. The van der Waals surface area contributed by atoms with Crippen LogP contribution in [0.3, 0.4) is 0 Å². The third-order valence-electron chi connectivity index (χ3n) is 6.87. The Bertz CT molecular complexity index is 616. The van der Waals surface area contributed by atoms with Crippen molar-refractivity contribution in [2.45, 2.75) is 51.2 Å². The van der Waals surface area contributed by atoms with E-state index >= 15 is 0 Å². The van der Waals surface area contributed by atoms with Gasteiger partial charge in [0.1, 0.15) is 0 Å². The first-order valence-electron chi connectivity index (χ1n) is 11.6. The van der Waals surface area contributed by atoms with Crippen molar-refractivity contribution in [2.75, 3.05) is 52.4 Å². The summed E-state index contributed by atoms with van der Waals surface area (Å²) in [4.78, 5) is 19.9. The summed E-state index contributed by atoms with van der Waals surface area (Å²) < 4.78 is 5.75. The second kappa shape index (κ2) is 10.6. The summed E-state index contributed by atoms with van der Waals surface area (Å²) >= 11 is 0. The molecule has 160 valence electrons. The van der Waals surface area contributed by atoms with Gasteiger partial charge in [0.25, 0.3) is 0 Å². The number of nitrogens with zero attached hydrogens (tertiary/aromatic N) is 3. The fourth-order valence-electron chi connectivity index (χ4n) is 4.99. The quantitative estimate of drug-likeness (QED) is 0.737. The van der Waals surface area contributed by atoms with Crippen LogP contribution < -0.4 is 0 Å². The van der Waals surface area contributed by atoms with Gasteiger partial charge in [-0.05, 0) is 43.6 Å². The van der Waals surface area contributed by atoms with Gasteiger partial charge in [-0.2, -0.15) is 0 Å². The van der Waals surface area contributed by atoms with Crippen molar-refractivity contribution in [3.8, 4) is 0 Å². The highest BCUT2D eigenvalue weighted by atomic mass is 16.5. The summed E-state index contributed by atoms with van der Waals surface area (Å²) in [5.74, 6) is 1.05. The maximum absolute atomic E-state index is 12.6. The molecule has 1 unspecified atom stereocenters. The molecule has 3 aliphatic heterocycles. The molecule has 29 heavy (non-hydrogen) atoms. The number of carbonyl (C=O) groups is 1. The summed E-state index contributed by atoms with van der Waals surface area (Å²) in [5.41, 5.74) is 1.41. The van der Waals surface area contributed by atoms with Gasteiger partial charge in [0, 0.05) is 59.0 Å². The number of benzene rings is 1. The fraction of sp³-hybridized carbons (Fsp3) is 0.708. The van der Waals surface area contributed by atoms with Crippen molar-refractivity contribution in [2.24, 2.45) is 5.92 Å². The van der Waals surface area contributed by atoms with Crippen molar-refractivity contribution in [1.29, 1.82) is 0 Å². The van der Waals surface area contributed by atoms with E-state index in [1.165, 1.54) is 31.6 Å². The van der Waals surface area contributed by atoms with Gasteiger partial charge < -0.3 is 14.5 Å². The van der Waals surface area contributed by atoms with Crippen molar-refractivity contribution < 1.29 is 9.53 Å². The van der Waals surface area contributed by atoms with Crippen LogP contribution in [0.15, 0.2) is 30.3 Å². The van der Waals surface area contributed by atoms with Gasteiger partial charge in [0.15, 0.2) is 0 Å². The molecular weight excluding hydrogens is 362 g/mol.